The highest BCUT2D eigenvalue weighted by Gasteiger charge is 2.26. The van der Waals surface area contributed by atoms with Crippen molar-refractivity contribution in [3.63, 3.8) is 0 Å². The second-order valence-corrected chi connectivity index (χ2v) is 5.66. The van der Waals surface area contributed by atoms with Gasteiger partial charge in [-0.05, 0) is 28.5 Å². The molecule has 0 saturated carbocycles. The molecule has 25 heavy (non-hydrogen) atoms. The molecule has 0 bridgehead atoms. The Morgan fingerprint density at radius 1 is 0.800 bits per heavy atom. The van der Waals surface area contributed by atoms with Gasteiger partial charge in [-0.1, -0.05) is 60.7 Å². The van der Waals surface area contributed by atoms with Gasteiger partial charge in [0.25, 0.3) is 6.43 Å². The first-order valence-electron chi connectivity index (χ1n) is 7.76. The Morgan fingerprint density at radius 2 is 1.48 bits per heavy atom. The topological polar surface area (TPSA) is 17.8 Å². The SMILES string of the molecule is Fc1c(-c2ccccc2)c(C(F)F)nn1-c1ccc2ccccc2c1. The summed E-state index contributed by atoms with van der Waals surface area (Å²) in [6.07, 6.45) is -2.87. The van der Waals surface area contributed by atoms with E-state index < -0.39 is 18.1 Å². The maximum Gasteiger partial charge on any atom is 0.282 e. The van der Waals surface area contributed by atoms with Crippen molar-refractivity contribution in [1.29, 1.82) is 0 Å². The number of benzene rings is 3. The maximum absolute atomic E-state index is 15.0. The minimum Gasteiger partial charge on any atom is -0.206 e. The van der Waals surface area contributed by atoms with Crippen molar-refractivity contribution in [2.24, 2.45) is 0 Å². The molecule has 2 nitrogen and oxygen atoms in total. The van der Waals surface area contributed by atoms with Crippen molar-refractivity contribution in [1.82, 2.24) is 9.78 Å². The lowest BCUT2D eigenvalue weighted by molar-refractivity contribution is 0.146. The third-order valence-electron chi connectivity index (χ3n) is 4.10. The molecule has 0 spiro atoms. The summed E-state index contributed by atoms with van der Waals surface area (Å²) in [6.45, 7) is 0. The van der Waals surface area contributed by atoms with E-state index in [1.165, 1.54) is 0 Å². The zero-order valence-corrected chi connectivity index (χ0v) is 13.0. The van der Waals surface area contributed by atoms with Crippen molar-refractivity contribution >= 4 is 10.8 Å². The van der Waals surface area contributed by atoms with E-state index in [2.05, 4.69) is 5.10 Å². The van der Waals surface area contributed by atoms with Gasteiger partial charge < -0.3 is 0 Å². The summed E-state index contributed by atoms with van der Waals surface area (Å²) in [4.78, 5) is 0. The number of hydrogen-bond acceptors (Lipinski definition) is 1. The molecule has 5 heteroatoms. The number of rotatable bonds is 3. The molecule has 0 radical (unpaired) electrons. The molecular weight excluding hydrogens is 325 g/mol. The van der Waals surface area contributed by atoms with Crippen LogP contribution in [0.5, 0.6) is 0 Å². The van der Waals surface area contributed by atoms with Crippen molar-refractivity contribution in [2.45, 2.75) is 6.43 Å². The largest absolute Gasteiger partial charge is 0.282 e. The molecule has 0 amide bonds. The molecule has 4 rings (SSSR count). The van der Waals surface area contributed by atoms with Crippen LogP contribution in [0, 0.1) is 5.95 Å². The lowest BCUT2D eigenvalue weighted by Crippen LogP contribution is -2.00. The maximum atomic E-state index is 15.0. The van der Waals surface area contributed by atoms with Gasteiger partial charge in [0.15, 0.2) is 0 Å². The normalized spacial score (nSPS) is 11.4. The molecule has 0 unspecified atom stereocenters. The van der Waals surface area contributed by atoms with Crippen LogP contribution in [0.15, 0.2) is 72.8 Å². The highest BCUT2D eigenvalue weighted by Crippen LogP contribution is 2.34. The number of fused-ring (bicyclic) bond motifs is 1. The number of hydrogen-bond donors (Lipinski definition) is 0. The Morgan fingerprint density at radius 3 is 2.20 bits per heavy atom. The lowest BCUT2D eigenvalue weighted by Gasteiger charge is -2.05. The molecule has 124 valence electrons. The quantitative estimate of drug-likeness (QED) is 0.464. The highest BCUT2D eigenvalue weighted by molar-refractivity contribution is 5.84. The Labute approximate surface area is 142 Å². The minimum absolute atomic E-state index is 0.163. The number of alkyl halides is 2. The zero-order valence-electron chi connectivity index (χ0n) is 13.0. The summed E-state index contributed by atoms with van der Waals surface area (Å²) in [5.41, 5.74) is 0.0586. The van der Waals surface area contributed by atoms with Gasteiger partial charge in [0, 0.05) is 0 Å². The average Bonchev–Trinajstić information content (AvgIpc) is 2.99. The van der Waals surface area contributed by atoms with Gasteiger partial charge in [0.2, 0.25) is 5.95 Å². The fourth-order valence-electron chi connectivity index (χ4n) is 2.92. The second kappa shape index (κ2) is 6.09. The first-order chi connectivity index (χ1) is 12.1. The molecular formula is C20H13F3N2. The van der Waals surface area contributed by atoms with E-state index in [9.17, 15) is 13.2 Å². The van der Waals surface area contributed by atoms with Crippen LogP contribution in [0.2, 0.25) is 0 Å². The third kappa shape index (κ3) is 2.67. The molecule has 1 heterocycles. The van der Waals surface area contributed by atoms with Crippen LogP contribution >= 0.6 is 0 Å². The van der Waals surface area contributed by atoms with E-state index in [4.69, 9.17) is 0 Å². The number of aromatic nitrogens is 2. The summed E-state index contributed by atoms with van der Waals surface area (Å²) in [5, 5.41) is 5.72. The van der Waals surface area contributed by atoms with E-state index >= 15 is 0 Å². The van der Waals surface area contributed by atoms with Crippen LogP contribution in [0.4, 0.5) is 13.2 Å². The van der Waals surface area contributed by atoms with Crippen LogP contribution < -0.4 is 0 Å². The standard InChI is InChI=1S/C20H13F3N2/c21-19(22)18-17(14-7-2-1-3-8-14)20(23)25(24-18)16-11-10-13-6-4-5-9-15(13)12-16/h1-12,19H. The Hall–Kier alpha value is -3.08. The van der Waals surface area contributed by atoms with Crippen LogP contribution in [0.1, 0.15) is 12.1 Å². The highest BCUT2D eigenvalue weighted by atomic mass is 19.3. The van der Waals surface area contributed by atoms with Gasteiger partial charge in [-0.2, -0.15) is 9.49 Å². The Bertz CT molecular complexity index is 1040. The van der Waals surface area contributed by atoms with Gasteiger partial charge in [0.05, 0.1) is 11.3 Å². The smallest absolute Gasteiger partial charge is 0.206 e. The molecule has 0 aliphatic heterocycles. The lowest BCUT2D eigenvalue weighted by atomic mass is 10.1. The molecule has 3 aromatic carbocycles. The van der Waals surface area contributed by atoms with E-state index in [0.29, 0.717) is 11.3 Å². The molecule has 0 fully saturated rings. The summed E-state index contributed by atoms with van der Waals surface area (Å²) in [7, 11) is 0. The first kappa shape index (κ1) is 15.4. The first-order valence-corrected chi connectivity index (χ1v) is 7.76. The van der Waals surface area contributed by atoms with Crippen LogP contribution in [0.3, 0.4) is 0 Å². The molecule has 0 atom stereocenters. The summed E-state index contributed by atoms with van der Waals surface area (Å²) in [6, 6.07) is 21.1. The van der Waals surface area contributed by atoms with Gasteiger partial charge in [0.1, 0.15) is 5.69 Å². The number of nitrogens with zero attached hydrogens (tertiary/aromatic N) is 2. The van der Waals surface area contributed by atoms with Crippen LogP contribution in [0.25, 0.3) is 27.6 Å². The van der Waals surface area contributed by atoms with Crippen molar-refractivity contribution in [3.05, 3.63) is 84.4 Å². The van der Waals surface area contributed by atoms with Crippen molar-refractivity contribution in [2.75, 3.05) is 0 Å². The Balaban J connectivity index is 1.93. The zero-order chi connectivity index (χ0) is 17.4. The van der Waals surface area contributed by atoms with Crippen LogP contribution in [-0.2, 0) is 0 Å². The van der Waals surface area contributed by atoms with Crippen LogP contribution in [-0.4, -0.2) is 9.78 Å². The summed E-state index contributed by atoms with van der Waals surface area (Å²) >= 11 is 0. The van der Waals surface area contributed by atoms with E-state index in [1.54, 1.807) is 42.5 Å². The third-order valence-corrected chi connectivity index (χ3v) is 4.10. The second-order valence-electron chi connectivity index (χ2n) is 5.66. The van der Waals surface area contributed by atoms with Gasteiger partial charge in [-0.15, -0.1) is 0 Å². The van der Waals surface area contributed by atoms with E-state index in [0.717, 1.165) is 15.5 Å². The monoisotopic (exact) mass is 338 g/mol. The predicted molar refractivity (Wildman–Crippen MR) is 91.4 cm³/mol. The molecule has 0 saturated heterocycles. The van der Waals surface area contributed by atoms with Crippen molar-refractivity contribution < 1.29 is 13.2 Å². The summed E-state index contributed by atoms with van der Waals surface area (Å²) < 4.78 is 42.8. The fraction of sp³-hybridized carbons (Fsp3) is 0.0500. The molecule has 4 aromatic rings. The molecule has 0 aliphatic rings. The molecule has 1 aromatic heterocycles. The average molecular weight is 338 g/mol. The van der Waals surface area contributed by atoms with Gasteiger partial charge >= 0.3 is 0 Å². The van der Waals surface area contributed by atoms with E-state index in [-0.39, 0.29) is 5.56 Å². The minimum atomic E-state index is -2.87. The molecule has 0 aliphatic carbocycles. The fourth-order valence-corrected chi connectivity index (χ4v) is 2.92. The number of halogens is 3. The van der Waals surface area contributed by atoms with Gasteiger partial charge in [-0.3, -0.25) is 0 Å². The van der Waals surface area contributed by atoms with E-state index in [1.807, 2.05) is 30.3 Å². The van der Waals surface area contributed by atoms with Gasteiger partial charge in [-0.25, -0.2) is 13.5 Å². The molecule has 0 N–H and O–H groups in total. The predicted octanol–water partition coefficient (Wildman–Crippen LogP) is 5.77. The Kier molecular flexibility index (Phi) is 3.76. The summed E-state index contributed by atoms with van der Waals surface area (Å²) in [5.74, 6) is -0.795. The van der Waals surface area contributed by atoms with Crippen molar-refractivity contribution in [3.8, 4) is 16.8 Å².